The summed E-state index contributed by atoms with van der Waals surface area (Å²) in [6, 6.07) is 1.52. The summed E-state index contributed by atoms with van der Waals surface area (Å²) in [6.45, 7) is 3.42. The summed E-state index contributed by atoms with van der Waals surface area (Å²) in [7, 11) is 0. The third-order valence-corrected chi connectivity index (χ3v) is 3.42. The van der Waals surface area contributed by atoms with E-state index in [0.717, 1.165) is 3.79 Å². The van der Waals surface area contributed by atoms with Crippen molar-refractivity contribution in [1.82, 2.24) is 5.32 Å². The van der Waals surface area contributed by atoms with Gasteiger partial charge in [-0.1, -0.05) is 0 Å². The lowest BCUT2D eigenvalue weighted by Crippen LogP contribution is -2.39. The highest BCUT2D eigenvalue weighted by molar-refractivity contribution is 9.11. The summed E-state index contributed by atoms with van der Waals surface area (Å²) in [4.78, 5) is 11.5. The molecule has 14 heavy (non-hydrogen) atoms. The molecule has 2 unspecified atom stereocenters. The third-order valence-electron chi connectivity index (χ3n) is 1.91. The highest BCUT2D eigenvalue weighted by Crippen LogP contribution is 2.20. The zero-order valence-corrected chi connectivity index (χ0v) is 10.4. The molecule has 1 heterocycles. The van der Waals surface area contributed by atoms with Crippen LogP contribution in [-0.4, -0.2) is 23.2 Å². The largest absolute Gasteiger partial charge is 0.391 e. The molecule has 0 aromatic carbocycles. The second-order valence-electron chi connectivity index (χ2n) is 3.14. The molecule has 0 fully saturated rings. The molecule has 1 rings (SSSR count). The molecule has 0 aliphatic carbocycles. The fraction of sp³-hybridized carbons (Fsp3) is 0.444. The molecular formula is C9H12BrNO2S. The van der Waals surface area contributed by atoms with Crippen LogP contribution in [-0.2, 0) is 0 Å². The Morgan fingerprint density at radius 3 is 2.71 bits per heavy atom. The van der Waals surface area contributed by atoms with Crippen LogP contribution in [0, 0.1) is 0 Å². The molecule has 2 N–H and O–H groups in total. The van der Waals surface area contributed by atoms with E-state index in [1.165, 1.54) is 11.3 Å². The molecule has 1 aromatic heterocycles. The number of aliphatic hydroxyl groups excluding tert-OH is 1. The standard InChI is InChI=1S/C9H12BrNO2S/c1-5(6(2)12)11-9(13)7-3-8(10)14-4-7/h3-6,12H,1-2H3,(H,11,13). The number of amides is 1. The van der Waals surface area contributed by atoms with Gasteiger partial charge in [-0.3, -0.25) is 4.79 Å². The van der Waals surface area contributed by atoms with Crippen LogP contribution in [0.15, 0.2) is 15.2 Å². The molecule has 0 aliphatic rings. The maximum Gasteiger partial charge on any atom is 0.252 e. The first-order chi connectivity index (χ1) is 6.50. The van der Waals surface area contributed by atoms with Crippen LogP contribution >= 0.6 is 27.3 Å². The minimum Gasteiger partial charge on any atom is -0.391 e. The Labute approximate surface area is 95.3 Å². The number of hydrogen-bond donors (Lipinski definition) is 2. The van der Waals surface area contributed by atoms with E-state index in [9.17, 15) is 9.90 Å². The van der Waals surface area contributed by atoms with Crippen LogP contribution in [0.4, 0.5) is 0 Å². The van der Waals surface area contributed by atoms with Gasteiger partial charge < -0.3 is 10.4 Å². The second-order valence-corrected chi connectivity index (χ2v) is 5.43. The number of rotatable bonds is 3. The number of hydrogen-bond acceptors (Lipinski definition) is 3. The summed E-state index contributed by atoms with van der Waals surface area (Å²) >= 11 is 4.75. The minimum absolute atomic E-state index is 0.152. The van der Waals surface area contributed by atoms with Crippen molar-refractivity contribution in [3.8, 4) is 0 Å². The van der Waals surface area contributed by atoms with Gasteiger partial charge in [0.25, 0.3) is 5.91 Å². The lowest BCUT2D eigenvalue weighted by atomic mass is 10.2. The normalized spacial score (nSPS) is 14.9. The Morgan fingerprint density at radius 2 is 2.29 bits per heavy atom. The molecule has 1 aromatic rings. The van der Waals surface area contributed by atoms with Gasteiger partial charge in [0.1, 0.15) is 0 Å². The fourth-order valence-corrected chi connectivity index (χ4v) is 1.98. The van der Waals surface area contributed by atoms with Crippen molar-refractivity contribution in [3.63, 3.8) is 0 Å². The van der Waals surface area contributed by atoms with Crippen LogP contribution in [0.3, 0.4) is 0 Å². The summed E-state index contributed by atoms with van der Waals surface area (Å²) in [5.41, 5.74) is 0.620. The van der Waals surface area contributed by atoms with Crippen molar-refractivity contribution in [2.24, 2.45) is 0 Å². The molecule has 0 saturated heterocycles. The summed E-state index contributed by atoms with van der Waals surface area (Å²) in [5, 5.41) is 13.7. The maximum atomic E-state index is 11.5. The number of aliphatic hydroxyl groups is 1. The van der Waals surface area contributed by atoms with Gasteiger partial charge in [0.2, 0.25) is 0 Å². The first kappa shape index (κ1) is 11.7. The van der Waals surface area contributed by atoms with E-state index >= 15 is 0 Å². The van der Waals surface area contributed by atoms with Crippen molar-refractivity contribution >= 4 is 33.2 Å². The fourth-order valence-electron chi connectivity index (χ4n) is 0.840. The zero-order chi connectivity index (χ0) is 10.7. The Kier molecular flexibility index (Phi) is 4.10. The number of carbonyl (C=O) groups excluding carboxylic acids is 1. The van der Waals surface area contributed by atoms with Gasteiger partial charge in [-0.25, -0.2) is 0 Å². The van der Waals surface area contributed by atoms with E-state index in [0.29, 0.717) is 5.56 Å². The molecule has 0 spiro atoms. The smallest absolute Gasteiger partial charge is 0.252 e. The van der Waals surface area contributed by atoms with Gasteiger partial charge in [-0.05, 0) is 35.8 Å². The first-order valence-electron chi connectivity index (χ1n) is 4.23. The summed E-state index contributed by atoms with van der Waals surface area (Å²) in [5.74, 6) is -0.152. The lowest BCUT2D eigenvalue weighted by Gasteiger charge is -2.15. The quantitative estimate of drug-likeness (QED) is 0.888. The van der Waals surface area contributed by atoms with E-state index < -0.39 is 6.10 Å². The van der Waals surface area contributed by atoms with Gasteiger partial charge in [-0.2, -0.15) is 0 Å². The molecule has 0 aliphatic heterocycles. The number of thiophene rings is 1. The van der Waals surface area contributed by atoms with Crippen molar-refractivity contribution in [2.45, 2.75) is 26.0 Å². The molecule has 0 saturated carbocycles. The average Bonchev–Trinajstić information content (AvgIpc) is 2.51. The van der Waals surface area contributed by atoms with Crippen LogP contribution in [0.25, 0.3) is 0 Å². The van der Waals surface area contributed by atoms with Crippen molar-refractivity contribution < 1.29 is 9.90 Å². The van der Waals surface area contributed by atoms with Crippen LogP contribution < -0.4 is 5.32 Å². The highest BCUT2D eigenvalue weighted by Gasteiger charge is 2.14. The Bertz CT molecular complexity index is 324. The van der Waals surface area contributed by atoms with Crippen LogP contribution in [0.1, 0.15) is 24.2 Å². The molecule has 0 bridgehead atoms. The Hall–Kier alpha value is -0.390. The highest BCUT2D eigenvalue weighted by atomic mass is 79.9. The monoisotopic (exact) mass is 277 g/mol. The lowest BCUT2D eigenvalue weighted by molar-refractivity contribution is 0.0874. The third kappa shape index (κ3) is 3.08. The average molecular weight is 278 g/mol. The van der Waals surface area contributed by atoms with Gasteiger partial charge in [0.05, 0.1) is 21.5 Å². The number of halogens is 1. The number of carbonyl (C=O) groups is 1. The molecule has 5 heteroatoms. The van der Waals surface area contributed by atoms with E-state index in [1.807, 2.05) is 0 Å². The van der Waals surface area contributed by atoms with E-state index in [2.05, 4.69) is 21.2 Å². The Morgan fingerprint density at radius 1 is 1.64 bits per heavy atom. The summed E-state index contributed by atoms with van der Waals surface area (Å²) < 4.78 is 0.923. The Balaban J connectivity index is 2.59. The second kappa shape index (κ2) is 4.91. The zero-order valence-electron chi connectivity index (χ0n) is 7.95. The molecule has 0 radical (unpaired) electrons. The predicted octanol–water partition coefficient (Wildman–Crippen LogP) is 2.01. The van der Waals surface area contributed by atoms with Crippen molar-refractivity contribution in [1.29, 1.82) is 0 Å². The van der Waals surface area contributed by atoms with E-state index in [-0.39, 0.29) is 11.9 Å². The molecule has 78 valence electrons. The van der Waals surface area contributed by atoms with Gasteiger partial charge >= 0.3 is 0 Å². The molecule has 3 nitrogen and oxygen atoms in total. The molecular weight excluding hydrogens is 266 g/mol. The minimum atomic E-state index is -0.541. The SMILES string of the molecule is CC(O)C(C)NC(=O)c1csc(Br)c1. The van der Waals surface area contributed by atoms with Crippen molar-refractivity contribution in [2.75, 3.05) is 0 Å². The number of nitrogens with one attached hydrogen (secondary N) is 1. The topological polar surface area (TPSA) is 49.3 Å². The van der Waals surface area contributed by atoms with Gasteiger partial charge in [0, 0.05) is 5.38 Å². The van der Waals surface area contributed by atoms with Crippen LogP contribution in [0.2, 0.25) is 0 Å². The van der Waals surface area contributed by atoms with Gasteiger partial charge in [-0.15, -0.1) is 11.3 Å². The summed E-state index contributed by atoms with van der Waals surface area (Å²) in [6.07, 6.45) is -0.541. The van der Waals surface area contributed by atoms with Crippen LogP contribution in [0.5, 0.6) is 0 Å². The van der Waals surface area contributed by atoms with E-state index in [4.69, 9.17) is 0 Å². The first-order valence-corrected chi connectivity index (χ1v) is 5.91. The maximum absolute atomic E-state index is 11.5. The molecule has 1 amide bonds. The van der Waals surface area contributed by atoms with E-state index in [1.54, 1.807) is 25.3 Å². The molecule has 2 atom stereocenters. The van der Waals surface area contributed by atoms with Gasteiger partial charge in [0.15, 0.2) is 0 Å². The van der Waals surface area contributed by atoms with Crippen molar-refractivity contribution in [3.05, 3.63) is 20.8 Å². The predicted molar refractivity (Wildman–Crippen MR) is 60.6 cm³/mol.